The first kappa shape index (κ1) is 20.6. The number of rotatable bonds is 3. The molecule has 29 heavy (non-hydrogen) atoms. The average Bonchev–Trinajstić information content (AvgIpc) is 2.70. The number of pyridine rings is 1. The number of hydrogen-bond donors (Lipinski definition) is 2. The molecule has 0 aliphatic heterocycles. The fourth-order valence-corrected chi connectivity index (χ4v) is 3.63. The molecule has 3 N–H and O–H groups in total. The standard InChI is InChI=1S/C23H21N3O2.BrH/c1-3-28-23(27)25-17-11-8-15(9-12-17)22-20-7-5-4-6-18(20)19-13-10-16(24)14-21(19)26(22)2;/h4-14H,3H2,1-2H3,(H2,24,25,27);1H. The van der Waals surface area contributed by atoms with Gasteiger partial charge in [-0.15, -0.1) is 0 Å². The zero-order valence-corrected chi connectivity index (χ0v) is 17.9. The summed E-state index contributed by atoms with van der Waals surface area (Å²) in [6.07, 6.45) is -0.451. The summed E-state index contributed by atoms with van der Waals surface area (Å²) in [7, 11) is 2.05. The fraction of sp³-hybridized carbons (Fsp3) is 0.130. The van der Waals surface area contributed by atoms with Crippen molar-refractivity contribution in [2.75, 3.05) is 17.7 Å². The number of nitrogens with one attached hydrogen (secondary N) is 1. The van der Waals surface area contributed by atoms with E-state index in [1.54, 1.807) is 6.92 Å². The van der Waals surface area contributed by atoms with Crippen LogP contribution in [0.4, 0.5) is 16.2 Å². The Labute approximate surface area is 179 Å². The summed E-state index contributed by atoms with van der Waals surface area (Å²) in [6.45, 7) is 2.12. The largest absolute Gasteiger partial charge is 1.00 e. The Morgan fingerprint density at radius 2 is 1.69 bits per heavy atom. The van der Waals surface area contributed by atoms with Gasteiger partial charge in [0, 0.05) is 28.4 Å². The van der Waals surface area contributed by atoms with Crippen molar-refractivity contribution in [2.45, 2.75) is 6.92 Å². The van der Waals surface area contributed by atoms with Crippen LogP contribution in [0.15, 0.2) is 66.7 Å². The van der Waals surface area contributed by atoms with E-state index in [9.17, 15) is 4.79 Å². The SMILES string of the molecule is CCOC(=O)Nc1ccc(-c2c3ccccc3c3ccc(N)cc3[n+]2C)cc1.[Br-]. The molecule has 1 amide bonds. The minimum Gasteiger partial charge on any atom is -1.00 e. The second-order valence-corrected chi connectivity index (χ2v) is 6.65. The number of ether oxygens (including phenoxy) is 1. The summed E-state index contributed by atoms with van der Waals surface area (Å²) in [4.78, 5) is 11.6. The molecule has 0 aliphatic rings. The molecule has 1 aromatic heterocycles. The number of fused-ring (bicyclic) bond motifs is 3. The van der Waals surface area contributed by atoms with E-state index in [4.69, 9.17) is 10.5 Å². The van der Waals surface area contributed by atoms with Gasteiger partial charge in [-0.1, -0.05) is 18.2 Å². The van der Waals surface area contributed by atoms with E-state index in [2.05, 4.69) is 28.1 Å². The van der Waals surface area contributed by atoms with Crippen molar-refractivity contribution in [3.63, 3.8) is 0 Å². The van der Waals surface area contributed by atoms with Crippen LogP contribution in [-0.4, -0.2) is 12.7 Å². The molecule has 5 nitrogen and oxygen atoms in total. The van der Waals surface area contributed by atoms with E-state index >= 15 is 0 Å². The first-order chi connectivity index (χ1) is 13.6. The molecule has 0 unspecified atom stereocenters. The lowest BCUT2D eigenvalue weighted by molar-refractivity contribution is -0.632. The maximum atomic E-state index is 11.6. The monoisotopic (exact) mass is 451 g/mol. The summed E-state index contributed by atoms with van der Waals surface area (Å²) >= 11 is 0. The molecular formula is C23H22BrN3O2. The Kier molecular flexibility index (Phi) is 6.03. The molecule has 6 heteroatoms. The Hall–Kier alpha value is -3.12. The third kappa shape index (κ3) is 3.89. The number of aromatic nitrogens is 1. The first-order valence-electron chi connectivity index (χ1n) is 9.22. The number of carbonyl (C=O) groups is 1. The predicted molar refractivity (Wildman–Crippen MR) is 113 cm³/mol. The Balaban J connectivity index is 0.00000240. The van der Waals surface area contributed by atoms with Gasteiger partial charge in [-0.05, 0) is 49.4 Å². The normalized spacial score (nSPS) is 10.6. The topological polar surface area (TPSA) is 68.2 Å². The van der Waals surface area contributed by atoms with E-state index in [0.29, 0.717) is 12.3 Å². The highest BCUT2D eigenvalue weighted by Gasteiger charge is 2.20. The van der Waals surface area contributed by atoms with Crippen LogP contribution in [0.5, 0.6) is 0 Å². The van der Waals surface area contributed by atoms with Crippen LogP contribution in [0.2, 0.25) is 0 Å². The number of carbonyl (C=O) groups excluding carboxylic acids is 1. The number of nitrogen functional groups attached to an aromatic ring is 1. The summed E-state index contributed by atoms with van der Waals surface area (Å²) in [6, 6.07) is 22.1. The van der Waals surface area contributed by atoms with Gasteiger partial charge in [-0.2, -0.15) is 4.57 Å². The van der Waals surface area contributed by atoms with Gasteiger partial charge in [0.05, 0.1) is 17.4 Å². The van der Waals surface area contributed by atoms with Crippen LogP contribution in [-0.2, 0) is 11.8 Å². The van der Waals surface area contributed by atoms with Gasteiger partial charge in [0.15, 0.2) is 0 Å². The van der Waals surface area contributed by atoms with Crippen LogP contribution >= 0.6 is 0 Å². The third-order valence-corrected chi connectivity index (χ3v) is 4.87. The number of hydrogen-bond acceptors (Lipinski definition) is 3. The van der Waals surface area contributed by atoms with Gasteiger partial charge >= 0.3 is 6.09 Å². The summed E-state index contributed by atoms with van der Waals surface area (Å²) in [5.74, 6) is 0. The summed E-state index contributed by atoms with van der Waals surface area (Å²) in [5.41, 5.74) is 10.7. The molecule has 0 saturated carbocycles. The van der Waals surface area contributed by atoms with E-state index in [-0.39, 0.29) is 17.0 Å². The van der Waals surface area contributed by atoms with Crippen molar-refractivity contribution < 1.29 is 31.1 Å². The number of aryl methyl sites for hydroxylation is 1. The number of benzene rings is 3. The molecule has 0 aliphatic carbocycles. The van der Waals surface area contributed by atoms with Gasteiger partial charge in [0.25, 0.3) is 0 Å². The quantitative estimate of drug-likeness (QED) is 0.282. The molecule has 0 bridgehead atoms. The van der Waals surface area contributed by atoms with Gasteiger partial charge in [0.2, 0.25) is 11.2 Å². The zero-order chi connectivity index (χ0) is 19.7. The number of nitrogens with zero attached hydrogens (tertiary/aromatic N) is 1. The van der Waals surface area contributed by atoms with Crippen LogP contribution < -0.4 is 32.6 Å². The first-order valence-corrected chi connectivity index (χ1v) is 9.22. The second-order valence-electron chi connectivity index (χ2n) is 6.65. The maximum absolute atomic E-state index is 11.6. The van der Waals surface area contributed by atoms with Crippen LogP contribution in [0, 0.1) is 0 Å². The lowest BCUT2D eigenvalue weighted by atomic mass is 9.99. The minimum atomic E-state index is -0.451. The maximum Gasteiger partial charge on any atom is 0.411 e. The smallest absolute Gasteiger partial charge is 0.411 e. The van der Waals surface area contributed by atoms with Crippen molar-refractivity contribution in [3.8, 4) is 11.3 Å². The van der Waals surface area contributed by atoms with E-state index in [1.165, 1.54) is 5.39 Å². The molecule has 0 spiro atoms. The summed E-state index contributed by atoms with van der Waals surface area (Å²) in [5, 5.41) is 6.23. The molecular weight excluding hydrogens is 430 g/mol. The molecule has 0 radical (unpaired) electrons. The van der Waals surface area contributed by atoms with Gasteiger partial charge in [0.1, 0.15) is 7.05 Å². The number of halogens is 1. The van der Waals surface area contributed by atoms with E-state index < -0.39 is 6.09 Å². The van der Waals surface area contributed by atoms with Crippen molar-refractivity contribution >= 4 is 39.1 Å². The summed E-state index contributed by atoms with van der Waals surface area (Å²) < 4.78 is 7.10. The van der Waals surface area contributed by atoms with Crippen LogP contribution in [0.1, 0.15) is 6.92 Å². The molecule has 1 heterocycles. The molecule has 4 aromatic rings. The molecule has 0 atom stereocenters. The van der Waals surface area contributed by atoms with E-state index in [1.807, 2.05) is 55.6 Å². The molecule has 4 rings (SSSR count). The lowest BCUT2D eigenvalue weighted by Gasteiger charge is -2.11. The van der Waals surface area contributed by atoms with Gasteiger partial charge < -0.3 is 27.5 Å². The van der Waals surface area contributed by atoms with Crippen molar-refractivity contribution in [1.29, 1.82) is 0 Å². The Morgan fingerprint density at radius 1 is 1.00 bits per heavy atom. The highest BCUT2D eigenvalue weighted by Crippen LogP contribution is 2.32. The van der Waals surface area contributed by atoms with Crippen LogP contribution in [0.3, 0.4) is 0 Å². The fourth-order valence-electron chi connectivity index (χ4n) is 3.63. The van der Waals surface area contributed by atoms with Gasteiger partial charge in [-0.3, -0.25) is 5.32 Å². The third-order valence-electron chi connectivity index (χ3n) is 4.87. The average molecular weight is 452 g/mol. The Morgan fingerprint density at radius 3 is 2.38 bits per heavy atom. The second kappa shape index (κ2) is 8.49. The lowest BCUT2D eigenvalue weighted by Crippen LogP contribution is -3.00. The molecule has 3 aromatic carbocycles. The molecule has 148 valence electrons. The van der Waals surface area contributed by atoms with Crippen molar-refractivity contribution in [2.24, 2.45) is 7.05 Å². The molecule has 0 saturated heterocycles. The van der Waals surface area contributed by atoms with E-state index in [0.717, 1.165) is 33.2 Å². The highest BCUT2D eigenvalue weighted by molar-refractivity contribution is 6.09. The minimum absolute atomic E-state index is 0. The highest BCUT2D eigenvalue weighted by atomic mass is 79.9. The Bertz CT molecular complexity index is 1190. The number of nitrogens with two attached hydrogens (primary N) is 1. The van der Waals surface area contributed by atoms with Crippen molar-refractivity contribution in [3.05, 3.63) is 66.7 Å². The van der Waals surface area contributed by atoms with Gasteiger partial charge in [-0.25, -0.2) is 4.79 Å². The number of amides is 1. The predicted octanol–water partition coefficient (Wildman–Crippen LogP) is 1.64. The van der Waals surface area contributed by atoms with Crippen molar-refractivity contribution in [1.82, 2.24) is 0 Å². The van der Waals surface area contributed by atoms with Crippen LogP contribution in [0.25, 0.3) is 32.9 Å². The number of anilines is 2. The zero-order valence-electron chi connectivity index (χ0n) is 16.3. The molecule has 0 fully saturated rings.